The first kappa shape index (κ1) is 16.8. The Labute approximate surface area is 137 Å². The molecule has 1 heterocycles. The van der Waals surface area contributed by atoms with E-state index in [0.717, 1.165) is 6.20 Å². The van der Waals surface area contributed by atoms with Gasteiger partial charge in [-0.3, -0.25) is 0 Å². The maximum absolute atomic E-state index is 11.8. The number of fused-ring (bicyclic) bond motifs is 1. The van der Waals surface area contributed by atoms with E-state index in [1.165, 1.54) is 0 Å². The van der Waals surface area contributed by atoms with Crippen LogP contribution < -0.4 is 5.32 Å². The molecule has 7 nitrogen and oxygen atoms in total. The summed E-state index contributed by atoms with van der Waals surface area (Å²) in [6, 6.07) is 5.06. The highest BCUT2D eigenvalue weighted by Gasteiger charge is 2.21. The second-order valence-electron chi connectivity index (χ2n) is 4.27. The number of nitrogens with one attached hydrogen (secondary N) is 1. The minimum Gasteiger partial charge on any atom is -0.462 e. The van der Waals surface area contributed by atoms with Crippen molar-refractivity contribution >= 4 is 40.7 Å². The van der Waals surface area contributed by atoms with Crippen molar-refractivity contribution in [3.63, 3.8) is 0 Å². The summed E-state index contributed by atoms with van der Waals surface area (Å²) in [4.78, 5) is 27.7. The Balaban J connectivity index is 2.23. The molecule has 2 rings (SSSR count). The van der Waals surface area contributed by atoms with Crippen molar-refractivity contribution in [1.82, 2.24) is 4.98 Å². The Hall–Kier alpha value is -2.54. The summed E-state index contributed by atoms with van der Waals surface area (Å²) in [6.45, 7) is 3.55. The van der Waals surface area contributed by atoms with Gasteiger partial charge in [0.15, 0.2) is 11.2 Å². The van der Waals surface area contributed by atoms with Crippen molar-refractivity contribution < 1.29 is 23.5 Å². The summed E-state index contributed by atoms with van der Waals surface area (Å²) in [5.41, 5.74) is 0.773. The highest BCUT2D eigenvalue weighted by Crippen LogP contribution is 2.22. The molecular formula is C15H15ClN2O5. The number of esters is 2. The molecule has 0 fully saturated rings. The van der Waals surface area contributed by atoms with Gasteiger partial charge in [0, 0.05) is 11.2 Å². The normalized spacial score (nSPS) is 10.2. The van der Waals surface area contributed by atoms with Gasteiger partial charge in [0.2, 0.25) is 0 Å². The molecule has 8 heteroatoms. The number of ether oxygens (including phenoxy) is 2. The highest BCUT2D eigenvalue weighted by molar-refractivity contribution is 6.31. The highest BCUT2D eigenvalue weighted by atomic mass is 35.5. The number of halogens is 1. The average molecular weight is 339 g/mol. The van der Waals surface area contributed by atoms with E-state index in [1.807, 2.05) is 0 Å². The van der Waals surface area contributed by atoms with Gasteiger partial charge in [-0.1, -0.05) is 11.6 Å². The standard InChI is InChI=1S/C15H15ClN2O5/c1-3-21-13(19)10(14(20)22-4-2)8-17-15-18-11-7-9(16)5-6-12(11)23-15/h5-8H,3-4H2,1-2H3,(H,17,18). The van der Waals surface area contributed by atoms with Gasteiger partial charge in [-0.15, -0.1) is 0 Å². The molecule has 1 N–H and O–H groups in total. The van der Waals surface area contributed by atoms with E-state index in [0.29, 0.717) is 16.1 Å². The number of hydrogen-bond donors (Lipinski definition) is 1. The lowest BCUT2D eigenvalue weighted by molar-refractivity contribution is -0.146. The molecule has 0 radical (unpaired) electrons. The van der Waals surface area contributed by atoms with Crippen LogP contribution in [-0.2, 0) is 19.1 Å². The molecule has 0 unspecified atom stereocenters. The van der Waals surface area contributed by atoms with Crippen molar-refractivity contribution in [1.29, 1.82) is 0 Å². The van der Waals surface area contributed by atoms with E-state index in [1.54, 1.807) is 32.0 Å². The van der Waals surface area contributed by atoms with E-state index in [2.05, 4.69) is 10.3 Å². The summed E-state index contributed by atoms with van der Waals surface area (Å²) in [7, 11) is 0. The van der Waals surface area contributed by atoms with E-state index in [9.17, 15) is 9.59 Å². The number of oxazole rings is 1. The third kappa shape index (κ3) is 4.23. The number of anilines is 1. The topological polar surface area (TPSA) is 90.7 Å². The van der Waals surface area contributed by atoms with E-state index >= 15 is 0 Å². The first-order valence-electron chi connectivity index (χ1n) is 6.92. The van der Waals surface area contributed by atoms with Crippen molar-refractivity contribution in [3.05, 3.63) is 35.0 Å². The fraction of sp³-hybridized carbons (Fsp3) is 0.267. The average Bonchev–Trinajstić information content (AvgIpc) is 2.89. The van der Waals surface area contributed by atoms with Crippen LogP contribution in [0.4, 0.5) is 6.01 Å². The van der Waals surface area contributed by atoms with Gasteiger partial charge in [-0.05, 0) is 32.0 Å². The number of carbonyl (C=O) groups excluding carboxylic acids is 2. The molecule has 23 heavy (non-hydrogen) atoms. The SMILES string of the molecule is CCOC(=O)C(=CNc1nc2cc(Cl)ccc2o1)C(=O)OCC. The fourth-order valence-corrected chi connectivity index (χ4v) is 1.88. The summed E-state index contributed by atoms with van der Waals surface area (Å²) >= 11 is 5.87. The van der Waals surface area contributed by atoms with Crippen molar-refractivity contribution in [3.8, 4) is 0 Å². The third-order valence-electron chi connectivity index (χ3n) is 2.68. The van der Waals surface area contributed by atoms with Crippen LogP contribution in [0, 0.1) is 0 Å². The van der Waals surface area contributed by atoms with Gasteiger partial charge >= 0.3 is 11.9 Å². The lowest BCUT2D eigenvalue weighted by atomic mass is 10.3. The van der Waals surface area contributed by atoms with Crippen molar-refractivity contribution in [2.24, 2.45) is 0 Å². The smallest absolute Gasteiger partial charge is 0.347 e. The van der Waals surface area contributed by atoms with Crippen LogP contribution in [0.3, 0.4) is 0 Å². The maximum atomic E-state index is 11.8. The van der Waals surface area contributed by atoms with E-state index < -0.39 is 11.9 Å². The summed E-state index contributed by atoms with van der Waals surface area (Å²) in [6.07, 6.45) is 1.14. The Morgan fingerprint density at radius 1 is 1.26 bits per heavy atom. The van der Waals surface area contributed by atoms with Crippen LogP contribution in [0.15, 0.2) is 34.4 Å². The second kappa shape index (κ2) is 7.64. The molecule has 0 aliphatic heterocycles. The zero-order valence-corrected chi connectivity index (χ0v) is 13.3. The third-order valence-corrected chi connectivity index (χ3v) is 2.92. The second-order valence-corrected chi connectivity index (χ2v) is 4.71. The molecule has 0 saturated heterocycles. The van der Waals surface area contributed by atoms with Crippen LogP contribution in [-0.4, -0.2) is 30.1 Å². The van der Waals surface area contributed by atoms with Crippen LogP contribution in [0.25, 0.3) is 11.1 Å². The molecule has 0 amide bonds. The zero-order chi connectivity index (χ0) is 16.8. The molecule has 0 aliphatic carbocycles. The van der Waals surface area contributed by atoms with Gasteiger partial charge in [0.25, 0.3) is 6.01 Å². The predicted molar refractivity (Wildman–Crippen MR) is 84.0 cm³/mol. The molecule has 1 aromatic carbocycles. The summed E-state index contributed by atoms with van der Waals surface area (Å²) in [5.74, 6) is -1.59. The van der Waals surface area contributed by atoms with Crippen LogP contribution in [0.5, 0.6) is 0 Å². The number of nitrogens with zero attached hydrogens (tertiary/aromatic N) is 1. The largest absolute Gasteiger partial charge is 0.462 e. The quantitative estimate of drug-likeness (QED) is 0.375. The molecule has 0 aliphatic rings. The number of hydrogen-bond acceptors (Lipinski definition) is 7. The molecule has 0 atom stereocenters. The van der Waals surface area contributed by atoms with Gasteiger partial charge in [0.1, 0.15) is 5.52 Å². The first-order chi connectivity index (χ1) is 11.0. The van der Waals surface area contributed by atoms with Gasteiger partial charge in [-0.25, -0.2) is 9.59 Å². The molecule has 0 bridgehead atoms. The number of aromatic nitrogens is 1. The lowest BCUT2D eigenvalue weighted by Crippen LogP contribution is -2.19. The van der Waals surface area contributed by atoms with Gasteiger partial charge in [0.05, 0.1) is 13.2 Å². The molecule has 2 aromatic rings. The Kier molecular flexibility index (Phi) is 5.59. The summed E-state index contributed by atoms with van der Waals surface area (Å²) in [5, 5.41) is 3.17. The molecule has 1 aromatic heterocycles. The molecule has 122 valence electrons. The summed E-state index contributed by atoms with van der Waals surface area (Å²) < 4.78 is 15.1. The monoisotopic (exact) mass is 338 g/mol. The number of carbonyl (C=O) groups is 2. The van der Waals surface area contributed by atoms with E-state index in [-0.39, 0.29) is 24.8 Å². The zero-order valence-electron chi connectivity index (χ0n) is 12.6. The first-order valence-corrected chi connectivity index (χ1v) is 7.30. The van der Waals surface area contributed by atoms with Gasteiger partial charge in [-0.2, -0.15) is 4.98 Å². The van der Waals surface area contributed by atoms with Gasteiger partial charge < -0.3 is 19.2 Å². The Bertz CT molecular complexity index is 733. The fourth-order valence-electron chi connectivity index (χ4n) is 1.72. The van der Waals surface area contributed by atoms with Crippen molar-refractivity contribution in [2.45, 2.75) is 13.8 Å². The maximum Gasteiger partial charge on any atom is 0.347 e. The number of benzene rings is 1. The van der Waals surface area contributed by atoms with E-state index in [4.69, 9.17) is 25.5 Å². The van der Waals surface area contributed by atoms with Crippen LogP contribution in [0.1, 0.15) is 13.8 Å². The Morgan fingerprint density at radius 2 is 1.91 bits per heavy atom. The van der Waals surface area contributed by atoms with Crippen LogP contribution in [0.2, 0.25) is 5.02 Å². The van der Waals surface area contributed by atoms with Crippen LogP contribution >= 0.6 is 11.6 Å². The molecule has 0 saturated carbocycles. The Morgan fingerprint density at radius 3 is 2.52 bits per heavy atom. The lowest BCUT2D eigenvalue weighted by Gasteiger charge is -2.06. The minimum absolute atomic E-state index is 0.105. The minimum atomic E-state index is -0.794. The molecular weight excluding hydrogens is 324 g/mol. The molecule has 0 spiro atoms. The predicted octanol–water partition coefficient (Wildman–Crippen LogP) is 2.90. The number of rotatable bonds is 6. The van der Waals surface area contributed by atoms with Crippen molar-refractivity contribution in [2.75, 3.05) is 18.5 Å².